The molecular weight excluding hydrogens is 188 g/mol. The smallest absolute Gasteiger partial charge is 0.143 e. The first-order chi connectivity index (χ1) is 7.11. The van der Waals surface area contributed by atoms with E-state index in [0.717, 1.165) is 24.5 Å². The molecule has 1 aliphatic heterocycles. The van der Waals surface area contributed by atoms with Gasteiger partial charge in [-0.3, -0.25) is 0 Å². The minimum absolute atomic E-state index is 0.0356. The van der Waals surface area contributed by atoms with Gasteiger partial charge in [-0.2, -0.15) is 0 Å². The minimum Gasteiger partial charge on any atom is -0.483 e. The summed E-state index contributed by atoms with van der Waals surface area (Å²) in [6.07, 6.45) is 0. The molecule has 0 bridgehead atoms. The average Bonchev–Trinajstić information content (AvgIpc) is 2.16. The van der Waals surface area contributed by atoms with E-state index in [9.17, 15) is 0 Å². The number of hydrogen-bond donors (Lipinski definition) is 1. The molecule has 1 heterocycles. The lowest BCUT2D eigenvalue weighted by atomic mass is 10.00. The highest BCUT2D eigenvalue weighted by Gasteiger charge is 2.34. The second kappa shape index (κ2) is 3.74. The second-order valence-electron chi connectivity index (χ2n) is 4.52. The molecule has 2 rings (SSSR count). The highest BCUT2D eigenvalue weighted by atomic mass is 16.5. The molecule has 0 spiro atoms. The molecule has 3 heteroatoms. The Kier molecular flexibility index (Phi) is 2.57. The molecule has 1 N–H and O–H groups in total. The van der Waals surface area contributed by atoms with Gasteiger partial charge in [-0.15, -0.1) is 0 Å². The number of ether oxygens (including phenoxy) is 1. The molecule has 0 aromatic heterocycles. The van der Waals surface area contributed by atoms with E-state index in [1.807, 2.05) is 32.3 Å². The molecule has 0 amide bonds. The third-order valence-electron chi connectivity index (χ3n) is 2.70. The van der Waals surface area contributed by atoms with Crippen molar-refractivity contribution in [2.75, 3.05) is 32.1 Å². The van der Waals surface area contributed by atoms with Gasteiger partial charge in [0.25, 0.3) is 0 Å². The zero-order valence-electron chi connectivity index (χ0n) is 9.58. The van der Waals surface area contributed by atoms with E-state index in [1.165, 1.54) is 0 Å². The topological polar surface area (TPSA) is 24.5 Å². The minimum atomic E-state index is -0.0356. The summed E-state index contributed by atoms with van der Waals surface area (Å²) in [6.45, 7) is 3.99. The van der Waals surface area contributed by atoms with E-state index in [0.29, 0.717) is 0 Å². The number of para-hydroxylation sites is 2. The number of nitrogens with one attached hydrogen (secondary N) is 1. The summed E-state index contributed by atoms with van der Waals surface area (Å²) >= 11 is 0. The van der Waals surface area contributed by atoms with Crippen molar-refractivity contribution in [1.82, 2.24) is 5.32 Å². The van der Waals surface area contributed by atoms with Gasteiger partial charge in [0.05, 0.1) is 5.69 Å². The van der Waals surface area contributed by atoms with E-state index in [-0.39, 0.29) is 5.60 Å². The van der Waals surface area contributed by atoms with E-state index < -0.39 is 0 Å². The van der Waals surface area contributed by atoms with Crippen LogP contribution in [0.4, 0.5) is 5.69 Å². The van der Waals surface area contributed by atoms with Crippen molar-refractivity contribution in [1.29, 1.82) is 0 Å². The van der Waals surface area contributed by atoms with Crippen LogP contribution in [0.3, 0.4) is 0 Å². The molecule has 0 aliphatic carbocycles. The summed E-state index contributed by atoms with van der Waals surface area (Å²) in [5, 5.41) is 3.23. The van der Waals surface area contributed by atoms with Gasteiger partial charge < -0.3 is 15.0 Å². The van der Waals surface area contributed by atoms with E-state index >= 15 is 0 Å². The first-order valence-corrected chi connectivity index (χ1v) is 5.27. The van der Waals surface area contributed by atoms with Gasteiger partial charge >= 0.3 is 0 Å². The van der Waals surface area contributed by atoms with Gasteiger partial charge in [-0.05, 0) is 19.1 Å². The third-order valence-corrected chi connectivity index (χ3v) is 2.70. The van der Waals surface area contributed by atoms with Crippen LogP contribution in [0.2, 0.25) is 0 Å². The van der Waals surface area contributed by atoms with Gasteiger partial charge in [0.1, 0.15) is 11.4 Å². The molecule has 1 aliphatic rings. The van der Waals surface area contributed by atoms with Gasteiger partial charge in [0, 0.05) is 27.2 Å². The molecule has 1 aromatic rings. The lowest BCUT2D eigenvalue weighted by Crippen LogP contribution is -2.61. The maximum Gasteiger partial charge on any atom is 0.143 e. The molecule has 82 valence electrons. The van der Waals surface area contributed by atoms with Crippen molar-refractivity contribution < 1.29 is 4.74 Å². The monoisotopic (exact) mass is 206 g/mol. The lowest BCUT2D eigenvalue weighted by Gasteiger charge is -2.40. The van der Waals surface area contributed by atoms with Crippen LogP contribution in [0, 0.1) is 0 Å². The van der Waals surface area contributed by atoms with Crippen LogP contribution in [-0.4, -0.2) is 32.8 Å². The van der Waals surface area contributed by atoms with Gasteiger partial charge in [-0.1, -0.05) is 12.1 Å². The number of rotatable bonds is 3. The largest absolute Gasteiger partial charge is 0.483 e. The zero-order chi connectivity index (χ0) is 10.9. The summed E-state index contributed by atoms with van der Waals surface area (Å²) in [6, 6.07) is 8.14. The number of hydrogen-bond acceptors (Lipinski definition) is 3. The number of benzene rings is 1. The lowest BCUT2D eigenvalue weighted by molar-refractivity contribution is 0.0354. The first kappa shape index (κ1) is 10.3. The summed E-state index contributed by atoms with van der Waals surface area (Å²) in [4.78, 5) is 2.07. The van der Waals surface area contributed by atoms with Crippen molar-refractivity contribution in [3.05, 3.63) is 24.3 Å². The summed E-state index contributed by atoms with van der Waals surface area (Å²) < 4.78 is 6.03. The molecule has 0 atom stereocenters. The fourth-order valence-corrected chi connectivity index (χ4v) is 1.73. The normalized spacial score (nSPS) is 18.1. The van der Waals surface area contributed by atoms with Crippen molar-refractivity contribution in [3.63, 3.8) is 0 Å². The Morgan fingerprint density at radius 2 is 1.93 bits per heavy atom. The average molecular weight is 206 g/mol. The fraction of sp³-hybridized carbons (Fsp3) is 0.500. The maximum absolute atomic E-state index is 6.03. The van der Waals surface area contributed by atoms with Crippen LogP contribution in [0.15, 0.2) is 24.3 Å². The molecular formula is C12H18N2O. The number of anilines is 1. The van der Waals surface area contributed by atoms with Crippen LogP contribution in [0.5, 0.6) is 5.75 Å². The molecule has 1 aromatic carbocycles. The fourth-order valence-electron chi connectivity index (χ4n) is 1.73. The standard InChI is InChI=1S/C12H18N2O/c1-12(8-13-9-12)15-11-7-5-4-6-10(11)14(2)3/h4-7,13H,8-9H2,1-3H3. The molecule has 3 nitrogen and oxygen atoms in total. The molecule has 15 heavy (non-hydrogen) atoms. The Balaban J connectivity index is 2.20. The zero-order valence-corrected chi connectivity index (χ0v) is 9.58. The summed E-state index contributed by atoms with van der Waals surface area (Å²) in [5.41, 5.74) is 1.09. The van der Waals surface area contributed by atoms with Crippen molar-refractivity contribution >= 4 is 5.69 Å². The molecule has 0 radical (unpaired) electrons. The molecule has 1 fully saturated rings. The molecule has 0 unspecified atom stereocenters. The number of nitrogens with zero attached hydrogens (tertiary/aromatic N) is 1. The van der Waals surface area contributed by atoms with Crippen LogP contribution in [0.1, 0.15) is 6.92 Å². The highest BCUT2D eigenvalue weighted by Crippen LogP contribution is 2.30. The Labute approximate surface area is 91.0 Å². The first-order valence-electron chi connectivity index (χ1n) is 5.27. The molecule has 1 saturated heterocycles. The van der Waals surface area contributed by atoms with Crippen molar-refractivity contribution in [3.8, 4) is 5.75 Å². The highest BCUT2D eigenvalue weighted by molar-refractivity contribution is 5.57. The third kappa shape index (κ3) is 2.07. The van der Waals surface area contributed by atoms with Gasteiger partial charge in [-0.25, -0.2) is 0 Å². The van der Waals surface area contributed by atoms with E-state index in [4.69, 9.17) is 4.74 Å². The van der Waals surface area contributed by atoms with Crippen LogP contribution in [-0.2, 0) is 0 Å². The van der Waals surface area contributed by atoms with Crippen molar-refractivity contribution in [2.45, 2.75) is 12.5 Å². The van der Waals surface area contributed by atoms with Crippen LogP contribution in [0.25, 0.3) is 0 Å². The summed E-state index contributed by atoms with van der Waals surface area (Å²) in [7, 11) is 4.06. The predicted octanol–water partition coefficient (Wildman–Crippen LogP) is 1.49. The van der Waals surface area contributed by atoms with Crippen LogP contribution < -0.4 is 15.0 Å². The predicted molar refractivity (Wildman–Crippen MR) is 62.7 cm³/mol. The second-order valence-corrected chi connectivity index (χ2v) is 4.52. The van der Waals surface area contributed by atoms with Crippen molar-refractivity contribution in [2.24, 2.45) is 0 Å². The Bertz CT molecular complexity index is 345. The summed E-state index contributed by atoms with van der Waals surface area (Å²) in [5.74, 6) is 0.964. The van der Waals surface area contributed by atoms with Gasteiger partial charge in [0.2, 0.25) is 0 Å². The Morgan fingerprint density at radius 1 is 1.27 bits per heavy atom. The van der Waals surface area contributed by atoms with E-state index in [2.05, 4.69) is 23.2 Å². The Morgan fingerprint density at radius 3 is 2.47 bits per heavy atom. The maximum atomic E-state index is 6.03. The Hall–Kier alpha value is -1.22. The van der Waals surface area contributed by atoms with Crippen LogP contribution >= 0.6 is 0 Å². The SMILES string of the molecule is CN(C)c1ccccc1OC1(C)CNC1. The quantitative estimate of drug-likeness (QED) is 0.811. The molecule has 0 saturated carbocycles. The van der Waals surface area contributed by atoms with E-state index in [1.54, 1.807) is 0 Å². The van der Waals surface area contributed by atoms with Gasteiger partial charge in [0.15, 0.2) is 0 Å².